The summed E-state index contributed by atoms with van der Waals surface area (Å²) in [6.45, 7) is 3.34. The lowest BCUT2D eigenvalue weighted by atomic mass is 10.1. The average Bonchev–Trinajstić information content (AvgIpc) is 3.18. The molecule has 29 heavy (non-hydrogen) atoms. The number of furan rings is 1. The van der Waals surface area contributed by atoms with Gasteiger partial charge in [0.2, 0.25) is 0 Å². The van der Waals surface area contributed by atoms with Crippen LogP contribution >= 0.6 is 0 Å². The number of nitrogens with one attached hydrogen (secondary N) is 3. The maximum Gasteiger partial charge on any atom is 0.287 e. The summed E-state index contributed by atoms with van der Waals surface area (Å²) < 4.78 is 41.8. The number of sulfone groups is 1. The highest BCUT2D eigenvalue weighted by atomic mass is 32.2. The van der Waals surface area contributed by atoms with Crippen molar-refractivity contribution in [2.75, 3.05) is 25.9 Å². The van der Waals surface area contributed by atoms with Crippen LogP contribution in [0.15, 0.2) is 46.0 Å². The van der Waals surface area contributed by atoms with Gasteiger partial charge in [0, 0.05) is 25.9 Å². The summed E-state index contributed by atoms with van der Waals surface area (Å²) in [6.07, 6.45) is 2.56. The minimum absolute atomic E-state index is 0.108. The first-order valence-corrected chi connectivity index (χ1v) is 11.1. The standard InChI is InChI=1S/C19H25FN4O4S/c1-3-21-19(23-9-8-22-18(25)17-5-4-10-28-17)24-12-15-11-16(20)7-6-14(15)13-29(2,26)27/h4-7,10-11H,3,8-9,12-13H2,1-2H3,(H,22,25)(H2,21,23,24). The van der Waals surface area contributed by atoms with Crippen LogP contribution in [0, 0.1) is 5.82 Å². The molecule has 2 aromatic rings. The van der Waals surface area contributed by atoms with Gasteiger partial charge in [-0.25, -0.2) is 17.8 Å². The number of carbonyl (C=O) groups is 1. The zero-order valence-corrected chi connectivity index (χ0v) is 17.2. The normalized spacial score (nSPS) is 11.9. The Kier molecular flexibility index (Phi) is 8.20. The molecule has 0 aliphatic heterocycles. The van der Waals surface area contributed by atoms with Crippen molar-refractivity contribution in [1.29, 1.82) is 0 Å². The Labute approximate surface area is 169 Å². The summed E-state index contributed by atoms with van der Waals surface area (Å²) in [7, 11) is -3.26. The molecule has 1 amide bonds. The molecule has 0 atom stereocenters. The molecule has 3 N–H and O–H groups in total. The lowest BCUT2D eigenvalue weighted by Gasteiger charge is -2.13. The number of rotatable bonds is 9. The molecule has 0 radical (unpaired) electrons. The second-order valence-corrected chi connectivity index (χ2v) is 8.48. The van der Waals surface area contributed by atoms with Crippen LogP contribution in [-0.2, 0) is 22.1 Å². The molecule has 10 heteroatoms. The summed E-state index contributed by atoms with van der Waals surface area (Å²) >= 11 is 0. The second-order valence-electron chi connectivity index (χ2n) is 6.34. The summed E-state index contributed by atoms with van der Waals surface area (Å²) in [4.78, 5) is 16.2. The minimum Gasteiger partial charge on any atom is -0.459 e. The predicted molar refractivity (Wildman–Crippen MR) is 109 cm³/mol. The highest BCUT2D eigenvalue weighted by molar-refractivity contribution is 7.89. The van der Waals surface area contributed by atoms with Gasteiger partial charge >= 0.3 is 0 Å². The van der Waals surface area contributed by atoms with Crippen molar-refractivity contribution in [3.63, 3.8) is 0 Å². The van der Waals surface area contributed by atoms with E-state index in [0.29, 0.717) is 36.7 Å². The molecule has 0 aliphatic rings. The highest BCUT2D eigenvalue weighted by Crippen LogP contribution is 2.15. The number of benzene rings is 1. The first kappa shape index (κ1) is 22.4. The number of carbonyl (C=O) groups excluding carboxylic acids is 1. The summed E-state index contributed by atoms with van der Waals surface area (Å²) in [5, 5.41) is 8.81. The quantitative estimate of drug-likeness (QED) is 0.319. The number of aliphatic imine (C=N–C) groups is 1. The Morgan fingerprint density at radius 1 is 1.14 bits per heavy atom. The van der Waals surface area contributed by atoms with E-state index in [-0.39, 0.29) is 24.0 Å². The molecule has 1 heterocycles. The lowest BCUT2D eigenvalue weighted by Crippen LogP contribution is -2.41. The van der Waals surface area contributed by atoms with Gasteiger partial charge in [-0.1, -0.05) is 6.07 Å². The van der Waals surface area contributed by atoms with Crippen LogP contribution in [-0.4, -0.2) is 46.2 Å². The van der Waals surface area contributed by atoms with E-state index in [0.717, 1.165) is 6.26 Å². The van der Waals surface area contributed by atoms with Crippen molar-refractivity contribution in [2.45, 2.75) is 19.2 Å². The summed E-state index contributed by atoms with van der Waals surface area (Å²) in [5.41, 5.74) is 1.01. The number of halogens is 1. The molecular weight excluding hydrogens is 399 g/mol. The van der Waals surface area contributed by atoms with Crippen molar-refractivity contribution < 1.29 is 22.0 Å². The van der Waals surface area contributed by atoms with Gasteiger partial charge in [-0.3, -0.25) is 4.79 Å². The number of guanidine groups is 1. The van der Waals surface area contributed by atoms with Crippen LogP contribution in [0.3, 0.4) is 0 Å². The summed E-state index contributed by atoms with van der Waals surface area (Å²) in [6, 6.07) is 7.19. The van der Waals surface area contributed by atoms with E-state index in [9.17, 15) is 17.6 Å². The molecule has 1 aromatic heterocycles. The Hall–Kier alpha value is -2.88. The molecule has 0 saturated carbocycles. The monoisotopic (exact) mass is 424 g/mol. The van der Waals surface area contributed by atoms with Gasteiger partial charge < -0.3 is 20.4 Å². The third kappa shape index (κ3) is 7.94. The third-order valence-corrected chi connectivity index (χ3v) is 4.62. The topological polar surface area (TPSA) is 113 Å². The van der Waals surface area contributed by atoms with E-state index < -0.39 is 15.7 Å². The minimum atomic E-state index is -3.26. The molecule has 0 saturated heterocycles. The van der Waals surface area contributed by atoms with E-state index in [1.54, 1.807) is 12.1 Å². The molecule has 0 aliphatic carbocycles. The van der Waals surface area contributed by atoms with Crippen molar-refractivity contribution in [3.8, 4) is 0 Å². The van der Waals surface area contributed by atoms with Gasteiger partial charge in [0.15, 0.2) is 21.6 Å². The molecule has 0 bridgehead atoms. The van der Waals surface area contributed by atoms with Gasteiger partial charge in [-0.15, -0.1) is 0 Å². The Morgan fingerprint density at radius 3 is 2.55 bits per heavy atom. The van der Waals surface area contributed by atoms with E-state index in [2.05, 4.69) is 20.9 Å². The highest BCUT2D eigenvalue weighted by Gasteiger charge is 2.11. The molecule has 2 rings (SSSR count). The zero-order chi connectivity index (χ0) is 21.3. The predicted octanol–water partition coefficient (Wildman–Crippen LogP) is 1.45. The van der Waals surface area contributed by atoms with Gasteiger partial charge in [-0.2, -0.15) is 0 Å². The summed E-state index contributed by atoms with van der Waals surface area (Å²) in [5.74, 6) is -0.250. The number of hydrogen-bond acceptors (Lipinski definition) is 5. The molecule has 0 spiro atoms. The fourth-order valence-electron chi connectivity index (χ4n) is 2.52. The molecule has 0 fully saturated rings. The van der Waals surface area contributed by atoms with Crippen molar-refractivity contribution in [2.24, 2.45) is 4.99 Å². The van der Waals surface area contributed by atoms with E-state index in [1.807, 2.05) is 6.92 Å². The SMILES string of the molecule is CCNC(=NCc1cc(F)ccc1CS(C)(=O)=O)NCCNC(=O)c1ccco1. The van der Waals surface area contributed by atoms with Gasteiger partial charge in [0.25, 0.3) is 5.91 Å². The number of hydrogen-bond donors (Lipinski definition) is 3. The Morgan fingerprint density at radius 2 is 1.90 bits per heavy atom. The van der Waals surface area contributed by atoms with Crippen LogP contribution in [0.5, 0.6) is 0 Å². The molecular formula is C19H25FN4O4S. The van der Waals surface area contributed by atoms with Crippen molar-refractivity contribution >= 4 is 21.7 Å². The fourth-order valence-corrected chi connectivity index (χ4v) is 3.37. The van der Waals surface area contributed by atoms with Crippen LogP contribution in [0.4, 0.5) is 4.39 Å². The van der Waals surface area contributed by atoms with Gasteiger partial charge in [-0.05, 0) is 42.3 Å². The van der Waals surface area contributed by atoms with Crippen LogP contribution in [0.1, 0.15) is 28.6 Å². The molecule has 8 nitrogen and oxygen atoms in total. The second kappa shape index (κ2) is 10.6. The van der Waals surface area contributed by atoms with E-state index in [4.69, 9.17) is 4.42 Å². The smallest absolute Gasteiger partial charge is 0.287 e. The Bertz CT molecular complexity index is 943. The fraction of sp³-hybridized carbons (Fsp3) is 0.368. The third-order valence-electron chi connectivity index (χ3n) is 3.79. The zero-order valence-electron chi connectivity index (χ0n) is 16.4. The largest absolute Gasteiger partial charge is 0.459 e. The van der Waals surface area contributed by atoms with Gasteiger partial charge in [0.1, 0.15) is 5.82 Å². The van der Waals surface area contributed by atoms with Crippen LogP contribution in [0.25, 0.3) is 0 Å². The van der Waals surface area contributed by atoms with Crippen LogP contribution in [0.2, 0.25) is 0 Å². The maximum absolute atomic E-state index is 13.6. The van der Waals surface area contributed by atoms with Crippen molar-refractivity contribution in [3.05, 3.63) is 59.3 Å². The van der Waals surface area contributed by atoms with E-state index >= 15 is 0 Å². The van der Waals surface area contributed by atoms with Gasteiger partial charge in [0.05, 0.1) is 18.6 Å². The van der Waals surface area contributed by atoms with E-state index in [1.165, 1.54) is 24.5 Å². The van der Waals surface area contributed by atoms with Crippen molar-refractivity contribution in [1.82, 2.24) is 16.0 Å². The molecule has 1 aromatic carbocycles. The number of nitrogens with zero attached hydrogens (tertiary/aromatic N) is 1. The maximum atomic E-state index is 13.6. The van der Waals surface area contributed by atoms with Crippen LogP contribution < -0.4 is 16.0 Å². The number of amides is 1. The first-order chi connectivity index (χ1) is 13.8. The molecule has 0 unspecified atom stereocenters. The first-order valence-electron chi connectivity index (χ1n) is 9.07. The average molecular weight is 424 g/mol. The molecule has 158 valence electrons. The Balaban J connectivity index is 1.96. The lowest BCUT2D eigenvalue weighted by molar-refractivity contribution is 0.0926.